The Morgan fingerprint density at radius 2 is 2.17 bits per heavy atom. The lowest BCUT2D eigenvalue weighted by atomic mass is 10.1. The minimum Gasteiger partial charge on any atom is -0.454 e. The van der Waals surface area contributed by atoms with Crippen molar-refractivity contribution in [3.05, 3.63) is 29.2 Å². The Kier molecular flexibility index (Phi) is 2.65. The monoisotopic (exact) mass is 265 g/mol. The summed E-state index contributed by atoms with van der Waals surface area (Å²) in [6.45, 7) is 0.601. The number of rotatable bonds is 2. The van der Waals surface area contributed by atoms with Crippen molar-refractivity contribution in [3.8, 4) is 22.8 Å². The summed E-state index contributed by atoms with van der Waals surface area (Å²) in [5.41, 5.74) is 7.21. The van der Waals surface area contributed by atoms with E-state index in [2.05, 4.69) is 4.98 Å². The molecule has 1 aromatic carbocycles. The Balaban J connectivity index is 2.10. The number of hydrogen-bond donors (Lipinski definition) is 1. The SMILES string of the molecule is Cn1c(CN)nc(-c2ccc3c(c2)OCO3)c1Cl. The predicted molar refractivity (Wildman–Crippen MR) is 67.7 cm³/mol. The molecule has 6 heteroatoms. The zero-order chi connectivity index (χ0) is 12.7. The van der Waals surface area contributed by atoms with Gasteiger partial charge in [-0.15, -0.1) is 0 Å². The number of ether oxygens (including phenoxy) is 2. The molecule has 0 atom stereocenters. The average Bonchev–Trinajstić information content (AvgIpc) is 2.95. The molecule has 1 aliphatic heterocycles. The minimum atomic E-state index is 0.253. The number of imidazole rings is 1. The first-order valence-corrected chi connectivity index (χ1v) is 5.89. The third kappa shape index (κ3) is 1.63. The molecule has 1 aliphatic rings. The number of aromatic nitrogens is 2. The summed E-state index contributed by atoms with van der Waals surface area (Å²) >= 11 is 6.25. The van der Waals surface area contributed by atoms with Gasteiger partial charge in [0.05, 0.1) is 6.54 Å². The molecular weight excluding hydrogens is 254 g/mol. The number of benzene rings is 1. The molecule has 0 saturated carbocycles. The molecule has 2 N–H and O–H groups in total. The van der Waals surface area contributed by atoms with E-state index >= 15 is 0 Å². The highest BCUT2D eigenvalue weighted by molar-refractivity contribution is 6.32. The van der Waals surface area contributed by atoms with Gasteiger partial charge in [-0.3, -0.25) is 0 Å². The Morgan fingerprint density at radius 1 is 1.39 bits per heavy atom. The summed E-state index contributed by atoms with van der Waals surface area (Å²) < 4.78 is 12.4. The molecule has 0 amide bonds. The van der Waals surface area contributed by atoms with Crippen LogP contribution < -0.4 is 15.2 Å². The fourth-order valence-electron chi connectivity index (χ4n) is 1.93. The van der Waals surface area contributed by atoms with Gasteiger partial charge in [0.25, 0.3) is 0 Å². The normalized spacial score (nSPS) is 13.1. The lowest BCUT2D eigenvalue weighted by Gasteiger charge is -2.01. The third-order valence-electron chi connectivity index (χ3n) is 2.95. The maximum absolute atomic E-state index is 6.25. The van der Waals surface area contributed by atoms with E-state index in [0.717, 1.165) is 17.1 Å². The Labute approximate surface area is 109 Å². The van der Waals surface area contributed by atoms with Crippen molar-refractivity contribution in [1.29, 1.82) is 0 Å². The minimum absolute atomic E-state index is 0.253. The Hall–Kier alpha value is -1.72. The molecule has 0 radical (unpaired) electrons. The maximum atomic E-state index is 6.25. The van der Waals surface area contributed by atoms with Crippen molar-refractivity contribution in [2.24, 2.45) is 12.8 Å². The predicted octanol–water partition coefficient (Wildman–Crippen LogP) is 1.93. The molecule has 2 aromatic rings. The zero-order valence-corrected chi connectivity index (χ0v) is 10.6. The molecule has 0 unspecified atom stereocenters. The van der Waals surface area contributed by atoms with Crippen molar-refractivity contribution in [3.63, 3.8) is 0 Å². The van der Waals surface area contributed by atoms with Gasteiger partial charge < -0.3 is 19.8 Å². The zero-order valence-electron chi connectivity index (χ0n) is 9.81. The van der Waals surface area contributed by atoms with Crippen LogP contribution in [0.25, 0.3) is 11.3 Å². The van der Waals surface area contributed by atoms with Gasteiger partial charge in [0.15, 0.2) is 11.5 Å². The van der Waals surface area contributed by atoms with E-state index in [-0.39, 0.29) is 6.79 Å². The van der Waals surface area contributed by atoms with Crippen LogP contribution in [0.3, 0.4) is 0 Å². The van der Waals surface area contributed by atoms with Gasteiger partial charge in [-0.25, -0.2) is 4.98 Å². The van der Waals surface area contributed by atoms with Crippen LogP contribution in [0, 0.1) is 0 Å². The van der Waals surface area contributed by atoms with E-state index in [4.69, 9.17) is 26.8 Å². The van der Waals surface area contributed by atoms with Gasteiger partial charge in [0.2, 0.25) is 6.79 Å². The quantitative estimate of drug-likeness (QED) is 0.901. The van der Waals surface area contributed by atoms with E-state index in [1.165, 1.54) is 0 Å². The van der Waals surface area contributed by atoms with E-state index in [1.54, 1.807) is 4.57 Å². The van der Waals surface area contributed by atoms with Crippen LogP contribution in [0.5, 0.6) is 11.5 Å². The average molecular weight is 266 g/mol. The van der Waals surface area contributed by atoms with Gasteiger partial charge in [-0.1, -0.05) is 11.6 Å². The van der Waals surface area contributed by atoms with Crippen LogP contribution in [0.1, 0.15) is 5.82 Å². The van der Waals surface area contributed by atoms with Gasteiger partial charge in [-0.2, -0.15) is 0 Å². The van der Waals surface area contributed by atoms with Gasteiger partial charge in [0.1, 0.15) is 16.7 Å². The molecule has 18 heavy (non-hydrogen) atoms. The Morgan fingerprint density at radius 3 is 2.89 bits per heavy atom. The Bertz CT molecular complexity index is 610. The van der Waals surface area contributed by atoms with Crippen LogP contribution in [0.2, 0.25) is 5.15 Å². The van der Waals surface area contributed by atoms with Crippen molar-refractivity contribution >= 4 is 11.6 Å². The van der Waals surface area contributed by atoms with E-state index < -0.39 is 0 Å². The highest BCUT2D eigenvalue weighted by Crippen LogP contribution is 2.37. The lowest BCUT2D eigenvalue weighted by molar-refractivity contribution is 0.174. The summed E-state index contributed by atoms with van der Waals surface area (Å²) in [5, 5.41) is 0.564. The first-order chi connectivity index (χ1) is 8.70. The highest BCUT2D eigenvalue weighted by Gasteiger charge is 2.18. The standard InChI is InChI=1S/C12H12ClN3O2/c1-16-10(5-14)15-11(12(16)13)7-2-3-8-9(4-7)18-6-17-8/h2-4H,5-6,14H2,1H3. The second-order valence-corrected chi connectivity index (χ2v) is 4.36. The fraction of sp³-hybridized carbons (Fsp3) is 0.250. The lowest BCUT2D eigenvalue weighted by Crippen LogP contribution is -2.04. The summed E-state index contributed by atoms with van der Waals surface area (Å²) in [5.74, 6) is 2.20. The van der Waals surface area contributed by atoms with E-state index in [1.807, 2.05) is 25.2 Å². The fourth-order valence-corrected chi connectivity index (χ4v) is 2.18. The van der Waals surface area contributed by atoms with Crippen LogP contribution in [0.15, 0.2) is 18.2 Å². The second kappa shape index (κ2) is 4.19. The topological polar surface area (TPSA) is 62.3 Å². The van der Waals surface area contributed by atoms with Crippen molar-refractivity contribution < 1.29 is 9.47 Å². The molecule has 0 fully saturated rings. The molecule has 5 nitrogen and oxygen atoms in total. The van der Waals surface area contributed by atoms with Crippen LogP contribution in [-0.2, 0) is 13.6 Å². The number of nitrogens with zero attached hydrogens (tertiary/aromatic N) is 2. The molecule has 94 valence electrons. The maximum Gasteiger partial charge on any atom is 0.231 e. The molecule has 0 aliphatic carbocycles. The van der Waals surface area contributed by atoms with E-state index in [0.29, 0.717) is 23.1 Å². The van der Waals surface area contributed by atoms with Gasteiger partial charge in [-0.05, 0) is 18.2 Å². The molecule has 0 spiro atoms. The van der Waals surface area contributed by atoms with Crippen molar-refractivity contribution in [1.82, 2.24) is 9.55 Å². The number of fused-ring (bicyclic) bond motifs is 1. The smallest absolute Gasteiger partial charge is 0.231 e. The summed E-state index contributed by atoms with van der Waals surface area (Å²) in [4.78, 5) is 4.43. The first-order valence-electron chi connectivity index (χ1n) is 5.52. The summed E-state index contributed by atoms with van der Waals surface area (Å²) in [7, 11) is 1.84. The largest absolute Gasteiger partial charge is 0.454 e. The number of nitrogens with two attached hydrogens (primary N) is 1. The molecule has 0 saturated heterocycles. The third-order valence-corrected chi connectivity index (χ3v) is 3.38. The molecule has 3 rings (SSSR count). The highest BCUT2D eigenvalue weighted by atomic mass is 35.5. The molecule has 1 aromatic heterocycles. The van der Waals surface area contributed by atoms with Crippen LogP contribution >= 0.6 is 11.6 Å². The summed E-state index contributed by atoms with van der Waals surface area (Å²) in [6, 6.07) is 5.63. The van der Waals surface area contributed by atoms with Crippen LogP contribution in [-0.4, -0.2) is 16.3 Å². The van der Waals surface area contributed by atoms with Gasteiger partial charge >= 0.3 is 0 Å². The van der Waals surface area contributed by atoms with Crippen LogP contribution in [0.4, 0.5) is 0 Å². The molecule has 2 heterocycles. The summed E-state index contributed by atoms with van der Waals surface area (Å²) in [6.07, 6.45) is 0. The van der Waals surface area contributed by atoms with Crippen molar-refractivity contribution in [2.75, 3.05) is 6.79 Å². The number of hydrogen-bond acceptors (Lipinski definition) is 4. The van der Waals surface area contributed by atoms with Gasteiger partial charge in [0, 0.05) is 12.6 Å². The van der Waals surface area contributed by atoms with E-state index in [9.17, 15) is 0 Å². The molecule has 0 bridgehead atoms. The van der Waals surface area contributed by atoms with Crippen molar-refractivity contribution in [2.45, 2.75) is 6.54 Å². The first kappa shape index (κ1) is 11.4. The molecular formula is C12H12ClN3O2. The second-order valence-electron chi connectivity index (χ2n) is 4.00. The number of halogens is 1.